The molecule has 0 bridgehead atoms. The molecule has 0 amide bonds. The van der Waals surface area contributed by atoms with Crippen molar-refractivity contribution in [2.24, 2.45) is 0 Å². The monoisotopic (exact) mass is 444 g/mol. The average molecular weight is 445 g/mol. The van der Waals surface area contributed by atoms with Crippen molar-refractivity contribution in [3.05, 3.63) is 95.1 Å². The first kappa shape index (κ1) is 27.0. The normalized spacial score (nSPS) is 10.5. The van der Waals surface area contributed by atoms with E-state index >= 15 is 0 Å². The summed E-state index contributed by atoms with van der Waals surface area (Å²) >= 11 is 0. The van der Waals surface area contributed by atoms with Gasteiger partial charge in [0.2, 0.25) is 0 Å². The zero-order valence-electron chi connectivity index (χ0n) is 16.9. The van der Waals surface area contributed by atoms with Crippen LogP contribution in [0.1, 0.15) is 61.8 Å². The smallest absolute Gasteiger partial charge is 1.00 e. The van der Waals surface area contributed by atoms with Gasteiger partial charge in [0.1, 0.15) is 0 Å². The van der Waals surface area contributed by atoms with Gasteiger partial charge in [0.05, 0.1) is 0 Å². The van der Waals surface area contributed by atoms with Crippen LogP contribution in [-0.4, -0.2) is 0 Å². The molecule has 4 rings (SSSR count). The van der Waals surface area contributed by atoms with E-state index in [1.54, 1.807) is 0 Å². The first-order chi connectivity index (χ1) is 12.1. The molecule has 3 aromatic rings. The van der Waals surface area contributed by atoms with E-state index in [0.717, 1.165) is 6.42 Å². The maximum absolute atomic E-state index is 3.44. The summed E-state index contributed by atoms with van der Waals surface area (Å²) in [6.45, 7) is 8.82. The van der Waals surface area contributed by atoms with Crippen LogP contribution >= 0.6 is 0 Å². The predicted octanol–water partition coefficient (Wildman–Crippen LogP) is 0.797. The van der Waals surface area contributed by atoms with Crippen LogP contribution in [0.4, 0.5) is 0 Å². The van der Waals surface area contributed by atoms with Crippen LogP contribution in [-0.2, 0) is 28.1 Å². The predicted molar refractivity (Wildman–Crippen MR) is 107 cm³/mol. The minimum Gasteiger partial charge on any atom is -1.00 e. The van der Waals surface area contributed by atoms with Gasteiger partial charge in [0, 0.05) is 0 Å². The Hall–Kier alpha value is -1.05. The second-order valence-corrected chi connectivity index (χ2v) is 7.27. The molecule has 0 atom stereocenters. The van der Waals surface area contributed by atoms with E-state index in [-0.39, 0.29) is 46.5 Å². The second-order valence-electron chi connectivity index (χ2n) is 7.27. The largest absolute Gasteiger partial charge is 4.00 e. The van der Waals surface area contributed by atoms with Gasteiger partial charge in [-0.05, 0) is 18.3 Å². The van der Waals surface area contributed by atoms with Crippen molar-refractivity contribution >= 4 is 0 Å². The Morgan fingerprint density at radius 2 is 1.29 bits per heavy atom. The fraction of sp³-hybridized carbons (Fsp3) is 0.280. The maximum atomic E-state index is 3.44. The SMILES string of the molecule is CC(C)c1[c-]c(C(C)C)ccc1.[Cl-].[Cl-].[Ti+4].[c-]1cccc2c1Cc1ccccc1-2. The van der Waals surface area contributed by atoms with Gasteiger partial charge < -0.3 is 24.8 Å². The molecule has 1 aliphatic carbocycles. The van der Waals surface area contributed by atoms with E-state index in [4.69, 9.17) is 0 Å². The van der Waals surface area contributed by atoms with Gasteiger partial charge in [-0.25, -0.2) is 0 Å². The van der Waals surface area contributed by atoms with Crippen LogP contribution in [0.5, 0.6) is 0 Å². The number of benzene rings is 3. The molecule has 0 spiro atoms. The quantitative estimate of drug-likeness (QED) is 0.317. The third-order valence-electron chi connectivity index (χ3n) is 4.70. The summed E-state index contributed by atoms with van der Waals surface area (Å²) in [6, 6.07) is 28.0. The van der Waals surface area contributed by atoms with Crippen LogP contribution in [0.2, 0.25) is 0 Å². The molecule has 28 heavy (non-hydrogen) atoms. The Balaban J connectivity index is 0.000000472. The van der Waals surface area contributed by atoms with Crippen molar-refractivity contribution in [2.45, 2.75) is 46.0 Å². The van der Waals surface area contributed by atoms with Gasteiger partial charge in [-0.3, -0.25) is 0 Å². The number of halogens is 2. The Labute approximate surface area is 197 Å². The standard InChI is InChI=1S/C13H9.C12H17.2ClH.Ti/c1-3-7-12-10(5-1)9-11-6-2-4-8-13(11)12;1-9(2)11-6-5-7-12(8-11)10(3)4;;;/h1-5,7-8H,9H2;5-7,9-10H,1-4H3;2*1H;/q2*-1;;;+4/p-2. The third kappa shape index (κ3) is 6.49. The Kier molecular flexibility index (Phi) is 12.0. The van der Waals surface area contributed by atoms with E-state index in [9.17, 15) is 0 Å². The molecule has 0 radical (unpaired) electrons. The minimum absolute atomic E-state index is 0. The summed E-state index contributed by atoms with van der Waals surface area (Å²) in [6.07, 6.45) is 1.05. The van der Waals surface area contributed by atoms with Crippen LogP contribution in [0.3, 0.4) is 0 Å². The molecule has 0 saturated carbocycles. The minimum atomic E-state index is 0. The molecule has 144 valence electrons. The average Bonchev–Trinajstić information content (AvgIpc) is 3.01. The molecule has 1 aliphatic rings. The van der Waals surface area contributed by atoms with Gasteiger partial charge in [-0.15, -0.1) is 5.56 Å². The van der Waals surface area contributed by atoms with Gasteiger partial charge in [0.25, 0.3) is 0 Å². The number of hydrogen-bond acceptors (Lipinski definition) is 0. The van der Waals surface area contributed by atoms with Crippen molar-refractivity contribution in [1.82, 2.24) is 0 Å². The van der Waals surface area contributed by atoms with Gasteiger partial charge >= 0.3 is 21.7 Å². The molecule has 0 N–H and O–H groups in total. The zero-order valence-corrected chi connectivity index (χ0v) is 20.0. The second kappa shape index (κ2) is 12.5. The molecular formula is C25H26Cl2Ti. The molecule has 3 heteroatoms. The molecule has 0 heterocycles. The van der Waals surface area contributed by atoms with Crippen molar-refractivity contribution in [3.63, 3.8) is 0 Å². The topological polar surface area (TPSA) is 0 Å². The van der Waals surface area contributed by atoms with E-state index in [1.165, 1.54) is 33.4 Å². The van der Waals surface area contributed by atoms with Crippen molar-refractivity contribution in [1.29, 1.82) is 0 Å². The van der Waals surface area contributed by atoms with E-state index in [2.05, 4.69) is 94.4 Å². The molecule has 0 saturated heterocycles. The summed E-state index contributed by atoms with van der Waals surface area (Å²) in [7, 11) is 0. The first-order valence-electron chi connectivity index (χ1n) is 9.16. The molecule has 0 fully saturated rings. The molecule has 0 aromatic heterocycles. The molecule has 0 unspecified atom stereocenters. The van der Waals surface area contributed by atoms with Crippen molar-refractivity contribution in [3.8, 4) is 11.1 Å². The summed E-state index contributed by atoms with van der Waals surface area (Å²) in [5, 5.41) is 0. The Bertz CT molecular complexity index is 790. The molecule has 0 nitrogen and oxygen atoms in total. The van der Waals surface area contributed by atoms with Crippen molar-refractivity contribution in [2.75, 3.05) is 0 Å². The number of fused-ring (bicyclic) bond motifs is 3. The summed E-state index contributed by atoms with van der Waals surface area (Å²) in [5.41, 5.74) is 8.15. The number of rotatable bonds is 2. The van der Waals surface area contributed by atoms with Crippen LogP contribution in [0.25, 0.3) is 11.1 Å². The molecular weight excluding hydrogens is 419 g/mol. The van der Waals surface area contributed by atoms with Gasteiger partial charge in [0.15, 0.2) is 0 Å². The zero-order chi connectivity index (χ0) is 17.8. The van der Waals surface area contributed by atoms with Crippen LogP contribution < -0.4 is 24.8 Å². The first-order valence-corrected chi connectivity index (χ1v) is 9.16. The fourth-order valence-electron chi connectivity index (χ4n) is 3.18. The van der Waals surface area contributed by atoms with Crippen LogP contribution in [0, 0.1) is 12.1 Å². The molecule has 3 aromatic carbocycles. The summed E-state index contributed by atoms with van der Waals surface area (Å²) in [4.78, 5) is 0. The maximum Gasteiger partial charge on any atom is 4.00 e. The summed E-state index contributed by atoms with van der Waals surface area (Å²) in [5.74, 6) is 1.17. The van der Waals surface area contributed by atoms with Gasteiger partial charge in [-0.1, -0.05) is 63.1 Å². The van der Waals surface area contributed by atoms with Crippen LogP contribution in [0.15, 0.2) is 60.7 Å². The fourth-order valence-corrected chi connectivity index (χ4v) is 3.18. The Morgan fingerprint density at radius 3 is 1.89 bits per heavy atom. The Morgan fingerprint density at radius 1 is 0.714 bits per heavy atom. The van der Waals surface area contributed by atoms with Gasteiger partial charge in [-0.2, -0.15) is 65.2 Å². The number of hydrogen-bond donors (Lipinski definition) is 0. The molecule has 0 aliphatic heterocycles. The van der Waals surface area contributed by atoms with E-state index in [0.29, 0.717) is 11.8 Å². The van der Waals surface area contributed by atoms with E-state index < -0.39 is 0 Å². The van der Waals surface area contributed by atoms with Crippen molar-refractivity contribution < 1.29 is 46.5 Å². The summed E-state index contributed by atoms with van der Waals surface area (Å²) < 4.78 is 0. The van der Waals surface area contributed by atoms with E-state index in [1.807, 2.05) is 6.07 Å². The third-order valence-corrected chi connectivity index (χ3v) is 4.70.